The molecule has 0 aromatic rings. The molecule has 0 atom stereocenters. The number of nitrogens with one attached hydrogen (secondary N) is 1. The van der Waals surface area contributed by atoms with Gasteiger partial charge in [-0.1, -0.05) is 0 Å². The van der Waals surface area contributed by atoms with Crippen LogP contribution in [0.1, 0.15) is 39.5 Å². The molecule has 6 heteroatoms. The minimum atomic E-state index is 0. The van der Waals surface area contributed by atoms with Crippen LogP contribution in [0.2, 0.25) is 0 Å². The molecule has 5 nitrogen and oxygen atoms in total. The molecular weight excluding hydrogens is 391 g/mol. The summed E-state index contributed by atoms with van der Waals surface area (Å²) >= 11 is 0. The maximum atomic E-state index is 11.4. The lowest BCUT2D eigenvalue weighted by atomic mass is 10.0. The van der Waals surface area contributed by atoms with Crippen molar-refractivity contribution in [3.63, 3.8) is 0 Å². The number of piperazine rings is 1. The van der Waals surface area contributed by atoms with E-state index < -0.39 is 0 Å². The van der Waals surface area contributed by atoms with Crippen molar-refractivity contribution < 1.29 is 4.79 Å². The Morgan fingerprint density at radius 1 is 1.18 bits per heavy atom. The highest BCUT2D eigenvalue weighted by molar-refractivity contribution is 14.0. The van der Waals surface area contributed by atoms with E-state index in [1.165, 1.54) is 25.7 Å². The average molecular weight is 420 g/mol. The minimum Gasteiger partial charge on any atom is -0.357 e. The van der Waals surface area contributed by atoms with E-state index in [9.17, 15) is 4.79 Å². The Kier molecular flexibility index (Phi) is 5.96. The molecule has 2 saturated carbocycles. The van der Waals surface area contributed by atoms with Gasteiger partial charge in [-0.15, -0.1) is 24.0 Å². The summed E-state index contributed by atoms with van der Waals surface area (Å²) < 4.78 is 0. The minimum absolute atomic E-state index is 0. The van der Waals surface area contributed by atoms with Crippen molar-refractivity contribution in [1.29, 1.82) is 0 Å². The highest BCUT2D eigenvalue weighted by Crippen LogP contribution is 2.61. The van der Waals surface area contributed by atoms with E-state index in [0.29, 0.717) is 5.41 Å². The van der Waals surface area contributed by atoms with Crippen LogP contribution in [0.3, 0.4) is 0 Å². The van der Waals surface area contributed by atoms with Crippen molar-refractivity contribution in [3.8, 4) is 0 Å². The summed E-state index contributed by atoms with van der Waals surface area (Å²) in [7, 11) is 0. The number of rotatable bonds is 4. The third-order valence-electron chi connectivity index (χ3n) is 5.24. The van der Waals surface area contributed by atoms with Crippen LogP contribution in [0.5, 0.6) is 0 Å². The quantitative estimate of drug-likeness (QED) is 0.430. The zero-order chi connectivity index (χ0) is 14.9. The number of aliphatic imine (C=N–C) groups is 1. The summed E-state index contributed by atoms with van der Waals surface area (Å²) in [6, 6.07) is 0. The predicted molar refractivity (Wildman–Crippen MR) is 99.6 cm³/mol. The molecule has 1 N–H and O–H groups in total. The number of carbonyl (C=O) groups is 1. The van der Waals surface area contributed by atoms with E-state index in [1.54, 1.807) is 6.92 Å². The number of guanidine groups is 1. The van der Waals surface area contributed by atoms with Crippen LogP contribution in [-0.4, -0.2) is 60.9 Å². The molecule has 126 valence electrons. The number of hydrogen-bond acceptors (Lipinski definition) is 2. The van der Waals surface area contributed by atoms with Gasteiger partial charge in [0.2, 0.25) is 5.91 Å². The maximum Gasteiger partial charge on any atom is 0.219 e. The van der Waals surface area contributed by atoms with Crippen LogP contribution in [0.15, 0.2) is 4.99 Å². The summed E-state index contributed by atoms with van der Waals surface area (Å²) in [6.07, 6.45) is 5.59. The molecule has 0 radical (unpaired) electrons. The number of nitrogens with zero attached hydrogens (tertiary/aromatic N) is 3. The van der Waals surface area contributed by atoms with Gasteiger partial charge in [-0.25, -0.2) is 0 Å². The van der Waals surface area contributed by atoms with Crippen LogP contribution in [0, 0.1) is 11.3 Å². The van der Waals surface area contributed by atoms with Gasteiger partial charge >= 0.3 is 0 Å². The molecule has 1 saturated heterocycles. The molecule has 3 fully saturated rings. The smallest absolute Gasteiger partial charge is 0.219 e. The molecule has 0 bridgehead atoms. The molecule has 1 heterocycles. The first-order valence-electron chi connectivity index (χ1n) is 8.43. The van der Waals surface area contributed by atoms with Gasteiger partial charge in [0.15, 0.2) is 5.96 Å². The lowest BCUT2D eigenvalue weighted by Crippen LogP contribution is -2.53. The lowest BCUT2D eigenvalue weighted by Gasteiger charge is -2.36. The zero-order valence-electron chi connectivity index (χ0n) is 13.8. The number of hydrogen-bond donors (Lipinski definition) is 1. The van der Waals surface area contributed by atoms with Crippen molar-refractivity contribution in [2.45, 2.75) is 39.5 Å². The largest absolute Gasteiger partial charge is 0.357 e. The fourth-order valence-electron chi connectivity index (χ4n) is 3.44. The molecule has 1 amide bonds. The third-order valence-corrected chi connectivity index (χ3v) is 5.24. The molecule has 1 aliphatic heterocycles. The Bertz CT molecular complexity index is 424. The monoisotopic (exact) mass is 420 g/mol. The molecular formula is C16H29IN4O. The molecule has 2 aliphatic carbocycles. The van der Waals surface area contributed by atoms with E-state index in [-0.39, 0.29) is 29.9 Å². The molecule has 3 aliphatic rings. The standard InChI is InChI=1S/C16H28N4O.HI/c1-3-17-15(18-12-16(6-7-16)14-4-5-14)20-10-8-19(9-11-20)13(2)21;/h14H,3-12H2,1-2H3,(H,17,18);1H. The Balaban J connectivity index is 0.00000176. The Morgan fingerprint density at radius 3 is 2.23 bits per heavy atom. The summed E-state index contributed by atoms with van der Waals surface area (Å²) in [5.74, 6) is 2.19. The van der Waals surface area contributed by atoms with Crippen LogP contribution >= 0.6 is 24.0 Å². The summed E-state index contributed by atoms with van der Waals surface area (Å²) in [4.78, 5) is 20.6. The fraction of sp³-hybridized carbons (Fsp3) is 0.875. The van der Waals surface area contributed by atoms with E-state index in [0.717, 1.165) is 51.1 Å². The average Bonchev–Trinajstić information content (AvgIpc) is 3.37. The van der Waals surface area contributed by atoms with Crippen molar-refractivity contribution in [2.24, 2.45) is 16.3 Å². The van der Waals surface area contributed by atoms with E-state index in [2.05, 4.69) is 17.1 Å². The molecule has 0 aromatic carbocycles. The second-order valence-corrected chi connectivity index (χ2v) is 6.80. The normalized spacial score (nSPS) is 23.8. The van der Waals surface area contributed by atoms with Crippen molar-refractivity contribution in [3.05, 3.63) is 0 Å². The topological polar surface area (TPSA) is 47.9 Å². The van der Waals surface area contributed by atoms with Crippen molar-refractivity contribution in [1.82, 2.24) is 15.1 Å². The maximum absolute atomic E-state index is 11.4. The third kappa shape index (κ3) is 4.06. The van der Waals surface area contributed by atoms with Crippen LogP contribution in [-0.2, 0) is 4.79 Å². The van der Waals surface area contributed by atoms with Crippen LogP contribution in [0.25, 0.3) is 0 Å². The predicted octanol–water partition coefficient (Wildman–Crippen LogP) is 1.92. The first kappa shape index (κ1) is 17.8. The van der Waals surface area contributed by atoms with Gasteiger partial charge in [0.25, 0.3) is 0 Å². The van der Waals surface area contributed by atoms with Gasteiger partial charge in [0.05, 0.1) is 0 Å². The van der Waals surface area contributed by atoms with Crippen molar-refractivity contribution >= 4 is 35.8 Å². The molecule has 3 rings (SSSR count). The zero-order valence-corrected chi connectivity index (χ0v) is 16.1. The first-order chi connectivity index (χ1) is 10.1. The molecule has 0 spiro atoms. The SMILES string of the molecule is CCNC(=NCC1(C2CC2)CC1)N1CCN(C(C)=O)CC1.I. The Labute approximate surface area is 150 Å². The highest BCUT2D eigenvalue weighted by atomic mass is 127. The van der Waals surface area contributed by atoms with Gasteiger partial charge in [-0.05, 0) is 43.9 Å². The van der Waals surface area contributed by atoms with E-state index in [1.807, 2.05) is 4.90 Å². The van der Waals surface area contributed by atoms with Gasteiger partial charge < -0.3 is 15.1 Å². The molecule has 0 aromatic heterocycles. The second-order valence-electron chi connectivity index (χ2n) is 6.80. The molecule has 22 heavy (non-hydrogen) atoms. The Hall–Kier alpha value is -0.530. The van der Waals surface area contributed by atoms with Crippen LogP contribution in [0.4, 0.5) is 0 Å². The van der Waals surface area contributed by atoms with E-state index in [4.69, 9.17) is 4.99 Å². The fourth-order valence-corrected chi connectivity index (χ4v) is 3.44. The van der Waals surface area contributed by atoms with Crippen molar-refractivity contribution in [2.75, 3.05) is 39.3 Å². The van der Waals surface area contributed by atoms with Gasteiger partial charge in [0.1, 0.15) is 0 Å². The number of carbonyl (C=O) groups excluding carboxylic acids is 1. The van der Waals surface area contributed by atoms with Gasteiger partial charge in [0, 0.05) is 46.2 Å². The summed E-state index contributed by atoms with van der Waals surface area (Å²) in [6.45, 7) is 9.08. The summed E-state index contributed by atoms with van der Waals surface area (Å²) in [5, 5.41) is 3.43. The van der Waals surface area contributed by atoms with Gasteiger partial charge in [-0.3, -0.25) is 9.79 Å². The second kappa shape index (κ2) is 7.36. The summed E-state index contributed by atoms with van der Waals surface area (Å²) in [5.41, 5.74) is 0.557. The lowest BCUT2D eigenvalue weighted by molar-refractivity contribution is -0.130. The first-order valence-corrected chi connectivity index (χ1v) is 8.43. The molecule has 0 unspecified atom stereocenters. The van der Waals surface area contributed by atoms with E-state index >= 15 is 0 Å². The Morgan fingerprint density at radius 2 is 1.77 bits per heavy atom. The van der Waals surface area contributed by atoms with Gasteiger partial charge in [-0.2, -0.15) is 0 Å². The highest BCUT2D eigenvalue weighted by Gasteiger charge is 2.53. The van der Waals surface area contributed by atoms with Crippen LogP contribution < -0.4 is 5.32 Å². The number of amides is 1. The number of halogens is 1.